The van der Waals surface area contributed by atoms with Crippen LogP contribution in [-0.2, 0) is 6.61 Å². The third kappa shape index (κ3) is 2.44. The van der Waals surface area contributed by atoms with Crippen molar-refractivity contribution in [1.82, 2.24) is 0 Å². The highest BCUT2D eigenvalue weighted by molar-refractivity contribution is 6.31. The molecule has 1 fully saturated rings. The van der Waals surface area contributed by atoms with Gasteiger partial charge in [0.05, 0.1) is 6.61 Å². The fraction of sp³-hybridized carbons (Fsp3) is 0.500. The lowest BCUT2D eigenvalue weighted by Crippen LogP contribution is -2.21. The Balaban J connectivity index is 2.20. The first-order valence-corrected chi connectivity index (χ1v) is 5.69. The van der Waals surface area contributed by atoms with E-state index < -0.39 is 0 Å². The molecule has 1 aliphatic carbocycles. The van der Waals surface area contributed by atoms with Gasteiger partial charge in [0.25, 0.3) is 0 Å². The van der Waals surface area contributed by atoms with E-state index in [4.69, 9.17) is 11.6 Å². The van der Waals surface area contributed by atoms with Crippen LogP contribution in [0.3, 0.4) is 0 Å². The number of nitrogens with zero attached hydrogens (tertiary/aromatic N) is 1. The molecule has 1 aromatic carbocycles. The Bertz CT molecular complexity index is 349. The number of rotatable bonds is 4. The molecule has 82 valence electrons. The molecule has 0 radical (unpaired) electrons. The van der Waals surface area contributed by atoms with Gasteiger partial charge >= 0.3 is 0 Å². The maximum Gasteiger partial charge on any atom is 0.0716 e. The Labute approximate surface area is 95.5 Å². The van der Waals surface area contributed by atoms with E-state index in [0.717, 1.165) is 23.7 Å². The Morgan fingerprint density at radius 3 is 2.80 bits per heavy atom. The van der Waals surface area contributed by atoms with Crippen molar-refractivity contribution >= 4 is 17.3 Å². The molecule has 0 saturated heterocycles. The zero-order valence-corrected chi connectivity index (χ0v) is 9.67. The van der Waals surface area contributed by atoms with Crippen molar-refractivity contribution in [1.29, 1.82) is 0 Å². The Kier molecular flexibility index (Phi) is 3.17. The fourth-order valence-corrected chi connectivity index (χ4v) is 2.08. The lowest BCUT2D eigenvalue weighted by atomic mass is 10.1. The summed E-state index contributed by atoms with van der Waals surface area (Å²) in [7, 11) is 2.06. The monoisotopic (exact) mass is 225 g/mol. The topological polar surface area (TPSA) is 23.5 Å². The summed E-state index contributed by atoms with van der Waals surface area (Å²) in [4.78, 5) is 2.19. The van der Waals surface area contributed by atoms with Crippen molar-refractivity contribution in [2.45, 2.75) is 19.4 Å². The van der Waals surface area contributed by atoms with Crippen LogP contribution in [0.1, 0.15) is 18.4 Å². The van der Waals surface area contributed by atoms with Gasteiger partial charge in [0.15, 0.2) is 0 Å². The minimum Gasteiger partial charge on any atom is -0.392 e. The summed E-state index contributed by atoms with van der Waals surface area (Å²) in [5, 5.41) is 9.94. The summed E-state index contributed by atoms with van der Waals surface area (Å²) in [6, 6.07) is 5.77. The summed E-state index contributed by atoms with van der Waals surface area (Å²) in [6.07, 6.45) is 2.67. The molecular weight excluding hydrogens is 210 g/mol. The second-order valence-electron chi connectivity index (χ2n) is 4.22. The van der Waals surface area contributed by atoms with Crippen molar-refractivity contribution in [3.8, 4) is 0 Å². The quantitative estimate of drug-likeness (QED) is 0.852. The first-order valence-electron chi connectivity index (χ1n) is 5.31. The molecule has 15 heavy (non-hydrogen) atoms. The van der Waals surface area contributed by atoms with Crippen molar-refractivity contribution in [2.75, 3.05) is 18.5 Å². The molecule has 0 bridgehead atoms. The van der Waals surface area contributed by atoms with Gasteiger partial charge < -0.3 is 10.0 Å². The molecule has 1 aromatic rings. The Hall–Kier alpha value is -0.730. The van der Waals surface area contributed by atoms with Gasteiger partial charge in [0, 0.05) is 29.9 Å². The molecule has 0 aromatic heterocycles. The van der Waals surface area contributed by atoms with Gasteiger partial charge in [0.2, 0.25) is 0 Å². The first kappa shape index (κ1) is 10.8. The minimum atomic E-state index is 0.00398. The van der Waals surface area contributed by atoms with Crippen LogP contribution in [0.15, 0.2) is 18.2 Å². The largest absolute Gasteiger partial charge is 0.392 e. The summed E-state index contributed by atoms with van der Waals surface area (Å²) < 4.78 is 0. The van der Waals surface area contributed by atoms with E-state index in [1.807, 2.05) is 18.2 Å². The molecule has 1 N–H and O–H groups in total. The molecule has 0 heterocycles. The molecular formula is C12H16ClNO. The van der Waals surface area contributed by atoms with Gasteiger partial charge in [0.1, 0.15) is 0 Å². The summed E-state index contributed by atoms with van der Waals surface area (Å²) >= 11 is 6.04. The van der Waals surface area contributed by atoms with E-state index in [2.05, 4.69) is 11.9 Å². The Morgan fingerprint density at radius 1 is 1.47 bits per heavy atom. The van der Waals surface area contributed by atoms with Gasteiger partial charge in [-0.3, -0.25) is 0 Å². The van der Waals surface area contributed by atoms with E-state index in [-0.39, 0.29) is 6.61 Å². The van der Waals surface area contributed by atoms with Crippen molar-refractivity contribution in [3.05, 3.63) is 28.8 Å². The summed E-state index contributed by atoms with van der Waals surface area (Å²) in [5.41, 5.74) is 1.89. The van der Waals surface area contributed by atoms with Crippen LogP contribution in [0.5, 0.6) is 0 Å². The van der Waals surface area contributed by atoms with Crippen molar-refractivity contribution in [2.24, 2.45) is 5.92 Å². The zero-order valence-electron chi connectivity index (χ0n) is 8.91. The van der Waals surface area contributed by atoms with Crippen LogP contribution in [0, 0.1) is 5.92 Å². The lowest BCUT2D eigenvalue weighted by molar-refractivity contribution is 0.282. The van der Waals surface area contributed by atoms with Crippen LogP contribution in [0.4, 0.5) is 5.69 Å². The summed E-state index contributed by atoms with van der Waals surface area (Å²) in [6.45, 7) is 1.07. The van der Waals surface area contributed by atoms with Crippen LogP contribution in [0.2, 0.25) is 5.02 Å². The number of hydrogen-bond acceptors (Lipinski definition) is 2. The van der Waals surface area contributed by atoms with E-state index in [9.17, 15) is 5.11 Å². The van der Waals surface area contributed by atoms with Gasteiger partial charge in [-0.05, 0) is 30.9 Å². The molecule has 1 aliphatic rings. The number of halogens is 1. The molecule has 3 heteroatoms. The molecule has 0 aliphatic heterocycles. The number of benzene rings is 1. The number of aliphatic hydroxyl groups excluding tert-OH is 1. The number of hydrogen-bond donors (Lipinski definition) is 1. The highest BCUT2D eigenvalue weighted by Crippen LogP contribution is 2.33. The second-order valence-corrected chi connectivity index (χ2v) is 4.63. The third-order valence-electron chi connectivity index (χ3n) is 2.89. The molecule has 0 unspecified atom stereocenters. The van der Waals surface area contributed by atoms with Gasteiger partial charge in [-0.25, -0.2) is 0 Å². The van der Waals surface area contributed by atoms with Crippen LogP contribution >= 0.6 is 11.6 Å². The van der Waals surface area contributed by atoms with Crippen molar-refractivity contribution in [3.63, 3.8) is 0 Å². The standard InChI is InChI=1S/C12H16ClNO/c1-14(7-9-5-6-9)12-4-2-3-11(13)10(12)8-15/h2-4,9,15H,5-8H2,1H3. The Morgan fingerprint density at radius 2 is 2.20 bits per heavy atom. The molecule has 2 nitrogen and oxygen atoms in total. The zero-order chi connectivity index (χ0) is 10.8. The second kappa shape index (κ2) is 4.42. The molecule has 2 rings (SSSR count). The highest BCUT2D eigenvalue weighted by Gasteiger charge is 2.23. The normalized spacial score (nSPS) is 15.4. The lowest BCUT2D eigenvalue weighted by Gasteiger charge is -2.22. The fourth-order valence-electron chi connectivity index (χ4n) is 1.85. The highest BCUT2D eigenvalue weighted by atomic mass is 35.5. The van der Waals surface area contributed by atoms with E-state index in [1.165, 1.54) is 12.8 Å². The van der Waals surface area contributed by atoms with Gasteiger partial charge in [-0.2, -0.15) is 0 Å². The maximum atomic E-state index is 9.29. The molecule has 1 saturated carbocycles. The maximum absolute atomic E-state index is 9.29. The third-order valence-corrected chi connectivity index (χ3v) is 3.25. The van der Waals surface area contributed by atoms with Gasteiger partial charge in [-0.15, -0.1) is 0 Å². The van der Waals surface area contributed by atoms with Crippen LogP contribution in [-0.4, -0.2) is 18.7 Å². The molecule has 0 atom stereocenters. The average Bonchev–Trinajstić information content (AvgIpc) is 3.01. The minimum absolute atomic E-state index is 0.00398. The predicted molar refractivity (Wildman–Crippen MR) is 63.4 cm³/mol. The van der Waals surface area contributed by atoms with Crippen molar-refractivity contribution < 1.29 is 5.11 Å². The summed E-state index contributed by atoms with van der Waals surface area (Å²) in [5.74, 6) is 0.834. The number of aliphatic hydroxyl groups is 1. The molecule has 0 spiro atoms. The average molecular weight is 226 g/mol. The van der Waals surface area contributed by atoms with Gasteiger partial charge in [-0.1, -0.05) is 17.7 Å². The number of anilines is 1. The van der Waals surface area contributed by atoms with Crippen LogP contribution in [0.25, 0.3) is 0 Å². The predicted octanol–water partition coefficient (Wildman–Crippen LogP) is 2.68. The SMILES string of the molecule is CN(CC1CC1)c1cccc(Cl)c1CO. The van der Waals surface area contributed by atoms with E-state index in [0.29, 0.717) is 5.02 Å². The van der Waals surface area contributed by atoms with E-state index in [1.54, 1.807) is 0 Å². The molecule has 0 amide bonds. The van der Waals surface area contributed by atoms with Crippen LogP contribution < -0.4 is 4.90 Å². The van der Waals surface area contributed by atoms with E-state index >= 15 is 0 Å². The smallest absolute Gasteiger partial charge is 0.0716 e. The first-order chi connectivity index (χ1) is 7.22.